The normalized spacial score (nSPS) is 15.4. The average molecular weight is 337 g/mol. The molecular weight excluding hydrogens is 319 g/mol. The number of halogens is 1. The van der Waals surface area contributed by atoms with Gasteiger partial charge < -0.3 is 14.2 Å². The highest BCUT2D eigenvalue weighted by molar-refractivity contribution is 9.10. The van der Waals surface area contributed by atoms with Crippen LogP contribution in [0.25, 0.3) is 0 Å². The first-order chi connectivity index (χ1) is 8.37. The second-order valence-electron chi connectivity index (χ2n) is 3.86. The molecule has 0 bridgehead atoms. The van der Waals surface area contributed by atoms with Gasteiger partial charge in [-0.15, -0.1) is 0 Å². The highest BCUT2D eigenvalue weighted by Crippen LogP contribution is 2.63. The highest BCUT2D eigenvalue weighted by Gasteiger charge is 2.47. The van der Waals surface area contributed by atoms with Crippen LogP contribution in [0.4, 0.5) is 0 Å². The largest absolute Gasteiger partial charge is 0.373 e. The van der Waals surface area contributed by atoms with E-state index in [-0.39, 0.29) is 13.2 Å². The molecule has 18 heavy (non-hydrogen) atoms. The van der Waals surface area contributed by atoms with Crippen molar-refractivity contribution < 1.29 is 18.7 Å². The lowest BCUT2D eigenvalue weighted by molar-refractivity contribution is 0.0802. The van der Waals surface area contributed by atoms with Crippen LogP contribution in [-0.2, 0) is 19.0 Å². The molecule has 0 amide bonds. The van der Waals surface area contributed by atoms with Crippen LogP contribution in [0.15, 0.2) is 28.7 Å². The molecule has 0 saturated heterocycles. The first-order valence-electron chi connectivity index (χ1n) is 5.75. The Morgan fingerprint density at radius 2 is 1.67 bits per heavy atom. The van der Waals surface area contributed by atoms with Gasteiger partial charge in [-0.1, -0.05) is 28.1 Å². The van der Waals surface area contributed by atoms with Gasteiger partial charge in [-0.2, -0.15) is 0 Å². The van der Waals surface area contributed by atoms with E-state index in [9.17, 15) is 9.67 Å². The number of benzene rings is 1. The topological polar surface area (TPSA) is 55.8 Å². The molecule has 1 N–H and O–H groups in total. The van der Waals surface area contributed by atoms with E-state index in [1.807, 2.05) is 0 Å². The molecule has 0 spiro atoms. The van der Waals surface area contributed by atoms with Gasteiger partial charge in [-0.3, -0.25) is 4.57 Å². The van der Waals surface area contributed by atoms with Crippen LogP contribution in [0.2, 0.25) is 0 Å². The third kappa shape index (κ3) is 3.22. The van der Waals surface area contributed by atoms with Crippen molar-refractivity contribution in [3.8, 4) is 0 Å². The van der Waals surface area contributed by atoms with Crippen molar-refractivity contribution in [3.05, 3.63) is 34.3 Å². The standard InChI is InChI=1S/C12H18BrO4P/c1-4-16-18(15,17-5-2)12(3,14)10-6-8-11(13)9-7-10/h6-9,14H,4-5H2,1-3H3. The molecule has 0 aliphatic heterocycles. The van der Waals surface area contributed by atoms with Crippen LogP contribution < -0.4 is 0 Å². The smallest absolute Gasteiger partial charge is 0.366 e. The fourth-order valence-electron chi connectivity index (χ4n) is 1.55. The van der Waals surface area contributed by atoms with E-state index >= 15 is 0 Å². The number of hydrogen-bond donors (Lipinski definition) is 1. The minimum absolute atomic E-state index is 0.212. The maximum Gasteiger partial charge on any atom is 0.366 e. The van der Waals surface area contributed by atoms with Crippen molar-refractivity contribution in [3.63, 3.8) is 0 Å². The van der Waals surface area contributed by atoms with E-state index in [1.165, 1.54) is 6.92 Å². The Kier molecular flexibility index (Phi) is 5.56. The van der Waals surface area contributed by atoms with E-state index in [4.69, 9.17) is 9.05 Å². The van der Waals surface area contributed by atoms with E-state index in [0.717, 1.165) is 4.47 Å². The predicted molar refractivity (Wildman–Crippen MR) is 74.6 cm³/mol. The van der Waals surface area contributed by atoms with Crippen molar-refractivity contribution in [1.29, 1.82) is 0 Å². The van der Waals surface area contributed by atoms with Gasteiger partial charge in [0.15, 0.2) is 5.34 Å². The van der Waals surface area contributed by atoms with Gasteiger partial charge in [-0.25, -0.2) is 0 Å². The Bertz CT molecular complexity index is 420. The van der Waals surface area contributed by atoms with Gasteiger partial charge in [0.1, 0.15) is 0 Å². The molecule has 1 aromatic carbocycles. The predicted octanol–water partition coefficient (Wildman–Crippen LogP) is 3.88. The summed E-state index contributed by atoms with van der Waals surface area (Å²) in [6.45, 7) is 5.29. The first-order valence-corrected chi connectivity index (χ1v) is 8.08. The van der Waals surface area contributed by atoms with Crippen molar-refractivity contribution in [2.45, 2.75) is 26.1 Å². The molecule has 1 unspecified atom stereocenters. The lowest BCUT2D eigenvalue weighted by atomic mass is 10.1. The van der Waals surface area contributed by atoms with Gasteiger partial charge in [0.05, 0.1) is 13.2 Å². The Balaban J connectivity index is 3.15. The molecule has 102 valence electrons. The summed E-state index contributed by atoms with van der Waals surface area (Å²) in [6, 6.07) is 6.92. The molecule has 0 radical (unpaired) electrons. The molecule has 0 aliphatic rings. The third-order valence-electron chi connectivity index (χ3n) is 2.52. The lowest BCUT2D eigenvalue weighted by Gasteiger charge is -2.31. The van der Waals surface area contributed by atoms with Gasteiger partial charge in [-0.05, 0) is 38.5 Å². The SMILES string of the molecule is CCOP(=O)(OCC)C(C)(O)c1ccc(Br)cc1. The van der Waals surface area contributed by atoms with Crippen LogP contribution in [0.3, 0.4) is 0 Å². The van der Waals surface area contributed by atoms with Crippen LogP contribution >= 0.6 is 23.5 Å². The Hall–Kier alpha value is -0.190. The first kappa shape index (κ1) is 15.9. The van der Waals surface area contributed by atoms with Gasteiger partial charge in [0.25, 0.3) is 0 Å². The van der Waals surface area contributed by atoms with Crippen LogP contribution in [0, 0.1) is 0 Å². The number of hydrogen-bond acceptors (Lipinski definition) is 4. The zero-order valence-corrected chi connectivity index (χ0v) is 13.2. The van der Waals surface area contributed by atoms with Crippen molar-refractivity contribution in [2.24, 2.45) is 0 Å². The molecule has 0 fully saturated rings. The molecule has 1 atom stereocenters. The summed E-state index contributed by atoms with van der Waals surface area (Å²) < 4.78 is 23.9. The summed E-state index contributed by atoms with van der Waals surface area (Å²) in [6.07, 6.45) is 0. The van der Waals surface area contributed by atoms with Gasteiger partial charge in [0, 0.05) is 4.47 Å². The summed E-state index contributed by atoms with van der Waals surface area (Å²) in [5.41, 5.74) is 0.496. The minimum Gasteiger partial charge on any atom is -0.373 e. The molecule has 6 heteroatoms. The van der Waals surface area contributed by atoms with Gasteiger partial charge >= 0.3 is 7.60 Å². The van der Waals surface area contributed by atoms with E-state index in [1.54, 1.807) is 38.1 Å². The second-order valence-corrected chi connectivity index (χ2v) is 7.16. The molecule has 1 rings (SSSR count). The van der Waals surface area contributed by atoms with Crippen molar-refractivity contribution >= 4 is 23.5 Å². The van der Waals surface area contributed by atoms with Gasteiger partial charge in [0.2, 0.25) is 0 Å². The monoisotopic (exact) mass is 336 g/mol. The Morgan fingerprint density at radius 1 is 1.22 bits per heavy atom. The summed E-state index contributed by atoms with van der Waals surface area (Å²) in [7, 11) is -3.62. The van der Waals surface area contributed by atoms with E-state index in [0.29, 0.717) is 5.56 Å². The van der Waals surface area contributed by atoms with Crippen LogP contribution in [-0.4, -0.2) is 18.3 Å². The summed E-state index contributed by atoms with van der Waals surface area (Å²) in [5, 5.41) is 8.86. The lowest BCUT2D eigenvalue weighted by Crippen LogP contribution is -2.24. The molecule has 0 saturated carbocycles. The maximum absolute atomic E-state index is 12.6. The summed E-state index contributed by atoms with van der Waals surface area (Å²) >= 11 is 3.31. The zero-order chi connectivity index (χ0) is 13.8. The van der Waals surface area contributed by atoms with E-state index in [2.05, 4.69) is 15.9 Å². The molecule has 1 aromatic rings. The summed E-state index contributed by atoms with van der Waals surface area (Å²) in [4.78, 5) is 0. The summed E-state index contributed by atoms with van der Waals surface area (Å²) in [5.74, 6) is 0. The van der Waals surface area contributed by atoms with Crippen molar-refractivity contribution in [1.82, 2.24) is 0 Å². The fraction of sp³-hybridized carbons (Fsp3) is 0.500. The second kappa shape index (κ2) is 6.31. The molecule has 4 nitrogen and oxygen atoms in total. The number of rotatable bonds is 6. The number of aliphatic hydroxyl groups is 1. The highest BCUT2D eigenvalue weighted by atomic mass is 79.9. The third-order valence-corrected chi connectivity index (χ3v) is 5.57. The minimum atomic E-state index is -3.62. The van der Waals surface area contributed by atoms with Crippen molar-refractivity contribution in [2.75, 3.05) is 13.2 Å². The fourth-order valence-corrected chi connectivity index (χ4v) is 3.54. The quantitative estimate of drug-likeness (QED) is 0.801. The zero-order valence-electron chi connectivity index (χ0n) is 10.7. The van der Waals surface area contributed by atoms with E-state index < -0.39 is 12.9 Å². The molecule has 0 heterocycles. The Morgan fingerprint density at radius 3 is 2.06 bits per heavy atom. The van der Waals surface area contributed by atoms with Crippen LogP contribution in [0.5, 0.6) is 0 Å². The maximum atomic E-state index is 12.6. The van der Waals surface area contributed by atoms with Crippen LogP contribution in [0.1, 0.15) is 26.3 Å². The Labute approximate surface area is 116 Å². The molecule has 0 aromatic heterocycles. The molecule has 0 aliphatic carbocycles. The molecular formula is C12H18BrO4P. The average Bonchev–Trinajstić information content (AvgIpc) is 2.30.